The van der Waals surface area contributed by atoms with E-state index in [-0.39, 0.29) is 5.91 Å². The van der Waals surface area contributed by atoms with E-state index in [1.54, 1.807) is 0 Å². The Labute approximate surface area is 140 Å². The number of hydrogen-bond acceptors (Lipinski definition) is 2. The van der Waals surface area contributed by atoms with Gasteiger partial charge < -0.3 is 10.1 Å². The van der Waals surface area contributed by atoms with Crippen molar-refractivity contribution >= 4 is 5.91 Å². The molecule has 1 aliphatic rings. The third-order valence-corrected chi connectivity index (χ3v) is 4.62. The highest BCUT2D eigenvalue weighted by molar-refractivity contribution is 5.81. The summed E-state index contributed by atoms with van der Waals surface area (Å²) in [5.41, 5.74) is 3.77. The predicted octanol–water partition coefficient (Wildman–Crippen LogP) is 4.47. The van der Waals surface area contributed by atoms with Crippen molar-refractivity contribution in [3.8, 4) is 5.75 Å². The van der Waals surface area contributed by atoms with Crippen LogP contribution in [0.2, 0.25) is 0 Å². The number of benzene rings is 1. The molecular formula is C20H29NO2. The number of nitrogens with one attached hydrogen (secondary N) is 1. The summed E-state index contributed by atoms with van der Waals surface area (Å²) >= 11 is 0. The second-order valence-electron chi connectivity index (χ2n) is 6.36. The first-order valence-electron chi connectivity index (χ1n) is 8.80. The topological polar surface area (TPSA) is 38.3 Å². The van der Waals surface area contributed by atoms with Crippen LogP contribution in [-0.4, -0.2) is 18.6 Å². The quantitative estimate of drug-likeness (QED) is 0.754. The molecule has 0 aliphatic heterocycles. The average molecular weight is 315 g/mol. The number of carbonyl (C=O) groups excluding carboxylic acids is 1. The van der Waals surface area contributed by atoms with E-state index in [2.05, 4.69) is 24.4 Å². The molecule has 1 aromatic rings. The number of amides is 1. The number of hydrogen-bond donors (Lipinski definition) is 1. The van der Waals surface area contributed by atoms with Gasteiger partial charge in [-0.2, -0.15) is 0 Å². The Kier molecular flexibility index (Phi) is 6.69. The first-order chi connectivity index (χ1) is 11.1. The Morgan fingerprint density at radius 3 is 2.83 bits per heavy atom. The van der Waals surface area contributed by atoms with Gasteiger partial charge in [0.25, 0.3) is 5.91 Å². The van der Waals surface area contributed by atoms with Crippen molar-refractivity contribution in [2.24, 2.45) is 0 Å². The van der Waals surface area contributed by atoms with Crippen molar-refractivity contribution < 1.29 is 9.53 Å². The Bertz CT molecular complexity index is 563. The lowest BCUT2D eigenvalue weighted by molar-refractivity contribution is -0.128. The lowest BCUT2D eigenvalue weighted by Crippen LogP contribution is -2.38. The van der Waals surface area contributed by atoms with E-state index in [0.29, 0.717) is 13.0 Å². The molecule has 0 unspecified atom stereocenters. The normalized spacial score (nSPS) is 15.7. The van der Waals surface area contributed by atoms with E-state index in [9.17, 15) is 4.79 Å². The maximum atomic E-state index is 12.4. The van der Waals surface area contributed by atoms with Crippen LogP contribution in [0.15, 0.2) is 29.8 Å². The Hall–Kier alpha value is -1.77. The van der Waals surface area contributed by atoms with Crippen LogP contribution in [-0.2, 0) is 4.79 Å². The summed E-state index contributed by atoms with van der Waals surface area (Å²) in [5, 5.41) is 3.03. The largest absolute Gasteiger partial charge is 0.480 e. The van der Waals surface area contributed by atoms with E-state index in [0.717, 1.165) is 17.7 Å². The smallest absolute Gasteiger partial charge is 0.261 e. The van der Waals surface area contributed by atoms with Crippen LogP contribution in [0.4, 0.5) is 0 Å². The fourth-order valence-corrected chi connectivity index (χ4v) is 2.92. The van der Waals surface area contributed by atoms with Gasteiger partial charge in [0.15, 0.2) is 6.10 Å². The van der Waals surface area contributed by atoms with Crippen LogP contribution >= 0.6 is 0 Å². The number of ether oxygens (including phenoxy) is 1. The lowest BCUT2D eigenvalue weighted by Gasteiger charge is -2.20. The standard InChI is InChI=1S/C20H29NO2/c1-4-18(23-19-12-8-9-15(2)16(19)3)20(22)21-14-13-17-10-6-5-7-11-17/h8-10,12,18H,4-7,11,13-14H2,1-3H3,(H,21,22)/t18-/m1/s1. The molecular weight excluding hydrogens is 286 g/mol. The summed E-state index contributed by atoms with van der Waals surface area (Å²) < 4.78 is 5.95. The molecule has 0 saturated carbocycles. The maximum absolute atomic E-state index is 12.4. The van der Waals surface area contributed by atoms with E-state index in [1.807, 2.05) is 26.0 Å². The molecule has 1 atom stereocenters. The van der Waals surface area contributed by atoms with Gasteiger partial charge in [0.2, 0.25) is 0 Å². The highest BCUT2D eigenvalue weighted by Crippen LogP contribution is 2.23. The zero-order chi connectivity index (χ0) is 16.7. The Balaban J connectivity index is 1.85. The van der Waals surface area contributed by atoms with Gasteiger partial charge in [0.05, 0.1) is 0 Å². The van der Waals surface area contributed by atoms with Crippen LogP contribution in [0, 0.1) is 13.8 Å². The van der Waals surface area contributed by atoms with Crippen molar-refractivity contribution in [2.45, 2.75) is 65.4 Å². The van der Waals surface area contributed by atoms with Crippen molar-refractivity contribution in [3.63, 3.8) is 0 Å². The van der Waals surface area contributed by atoms with Crippen LogP contribution in [0.1, 0.15) is 56.6 Å². The molecule has 0 radical (unpaired) electrons. The van der Waals surface area contributed by atoms with Crippen LogP contribution in [0.3, 0.4) is 0 Å². The summed E-state index contributed by atoms with van der Waals surface area (Å²) in [7, 11) is 0. The van der Waals surface area contributed by atoms with Gasteiger partial charge in [-0.05, 0) is 69.6 Å². The fourth-order valence-electron chi connectivity index (χ4n) is 2.92. The van der Waals surface area contributed by atoms with Crippen molar-refractivity contribution in [3.05, 3.63) is 41.0 Å². The summed E-state index contributed by atoms with van der Waals surface area (Å²) in [6, 6.07) is 5.96. The second kappa shape index (κ2) is 8.76. The van der Waals surface area contributed by atoms with Gasteiger partial charge in [0, 0.05) is 6.54 Å². The molecule has 3 heteroatoms. The average Bonchev–Trinajstić information content (AvgIpc) is 2.57. The molecule has 1 aromatic carbocycles. The maximum Gasteiger partial charge on any atom is 0.261 e. The van der Waals surface area contributed by atoms with E-state index < -0.39 is 6.10 Å². The predicted molar refractivity (Wildman–Crippen MR) is 94.8 cm³/mol. The molecule has 23 heavy (non-hydrogen) atoms. The summed E-state index contributed by atoms with van der Waals surface area (Å²) in [4.78, 5) is 12.4. The SMILES string of the molecule is CC[C@@H](Oc1cccc(C)c1C)C(=O)NCCC1=CCCCC1. The van der Waals surface area contributed by atoms with E-state index in [4.69, 9.17) is 4.74 Å². The molecule has 1 N–H and O–H groups in total. The van der Waals surface area contributed by atoms with Crippen molar-refractivity contribution in [1.29, 1.82) is 0 Å². The zero-order valence-electron chi connectivity index (χ0n) is 14.7. The third kappa shape index (κ3) is 5.12. The molecule has 0 fully saturated rings. The fraction of sp³-hybridized carbons (Fsp3) is 0.550. The first kappa shape index (κ1) is 17.6. The van der Waals surface area contributed by atoms with Gasteiger partial charge >= 0.3 is 0 Å². The van der Waals surface area contributed by atoms with Crippen molar-refractivity contribution in [1.82, 2.24) is 5.32 Å². The summed E-state index contributed by atoms with van der Waals surface area (Å²) in [5.74, 6) is 0.798. The molecule has 0 bridgehead atoms. The molecule has 2 rings (SSSR count). The minimum atomic E-state index is -0.421. The van der Waals surface area contributed by atoms with Crippen LogP contribution in [0.25, 0.3) is 0 Å². The first-order valence-corrected chi connectivity index (χ1v) is 8.80. The highest BCUT2D eigenvalue weighted by atomic mass is 16.5. The Morgan fingerprint density at radius 2 is 2.13 bits per heavy atom. The minimum absolute atomic E-state index is 0.00943. The number of allylic oxidation sites excluding steroid dienone is 1. The van der Waals surface area contributed by atoms with Gasteiger partial charge in [-0.15, -0.1) is 0 Å². The lowest BCUT2D eigenvalue weighted by atomic mass is 9.97. The van der Waals surface area contributed by atoms with Gasteiger partial charge in [-0.3, -0.25) is 4.79 Å². The Morgan fingerprint density at radius 1 is 1.30 bits per heavy atom. The van der Waals surface area contributed by atoms with Gasteiger partial charge in [0.1, 0.15) is 5.75 Å². The molecule has 0 aromatic heterocycles. The summed E-state index contributed by atoms with van der Waals surface area (Å²) in [6.45, 7) is 6.78. The number of aryl methyl sites for hydroxylation is 1. The molecule has 0 spiro atoms. The summed E-state index contributed by atoms with van der Waals surface area (Å²) in [6.07, 6.45) is 8.51. The molecule has 1 aliphatic carbocycles. The second-order valence-corrected chi connectivity index (χ2v) is 6.36. The van der Waals surface area contributed by atoms with Crippen molar-refractivity contribution in [2.75, 3.05) is 6.54 Å². The van der Waals surface area contributed by atoms with Gasteiger partial charge in [-0.1, -0.05) is 30.7 Å². The molecule has 0 heterocycles. The molecule has 0 saturated heterocycles. The van der Waals surface area contributed by atoms with E-state index >= 15 is 0 Å². The third-order valence-electron chi connectivity index (χ3n) is 4.62. The monoisotopic (exact) mass is 315 g/mol. The molecule has 1 amide bonds. The molecule has 126 valence electrons. The van der Waals surface area contributed by atoms with Crippen LogP contribution < -0.4 is 10.1 Å². The zero-order valence-corrected chi connectivity index (χ0v) is 14.7. The minimum Gasteiger partial charge on any atom is -0.480 e. The van der Waals surface area contributed by atoms with Crippen LogP contribution in [0.5, 0.6) is 5.75 Å². The number of carbonyl (C=O) groups is 1. The van der Waals surface area contributed by atoms with E-state index in [1.165, 1.54) is 36.8 Å². The molecule has 3 nitrogen and oxygen atoms in total. The highest BCUT2D eigenvalue weighted by Gasteiger charge is 2.19. The van der Waals surface area contributed by atoms with Gasteiger partial charge in [-0.25, -0.2) is 0 Å². The number of rotatable bonds is 7.